The number of aromatic nitrogens is 3. The standard InChI is InChI=1S/C26H28N4.2ClH.Co/c1-18(2)21-12-9-13-22(19(3)4)26(21)28-16-24-23-11-5-6-14-25(23)30(29-24)17-20-10-7-8-15-27-20;;;/h5-16,18-19H,17H2,1-4H3;2*1H;/q;;;+2/p-2. The van der Waals surface area contributed by atoms with Gasteiger partial charge in [-0.1, -0.05) is 70.2 Å². The Labute approximate surface area is 210 Å². The molecule has 0 aliphatic rings. The van der Waals surface area contributed by atoms with Crippen LogP contribution < -0.4 is 0 Å². The SMILES string of the molecule is CC(C)c1cccc(C(C)C)c1N=Cc1nn(Cc2ccccn2)c2ccccc12.[Cl][Co][Cl]. The number of aliphatic imine (C=N–C) groups is 1. The number of para-hydroxylation sites is 2. The fourth-order valence-corrected chi connectivity index (χ4v) is 3.80. The van der Waals surface area contributed by atoms with Crippen molar-refractivity contribution in [1.29, 1.82) is 0 Å². The third-order valence-electron chi connectivity index (χ3n) is 5.38. The van der Waals surface area contributed by atoms with E-state index in [9.17, 15) is 0 Å². The Kier molecular flexibility index (Phi) is 9.50. The molecule has 0 saturated carbocycles. The molecule has 0 aliphatic carbocycles. The van der Waals surface area contributed by atoms with E-state index in [1.165, 1.54) is 11.1 Å². The predicted molar refractivity (Wildman–Crippen MR) is 137 cm³/mol. The van der Waals surface area contributed by atoms with Gasteiger partial charge in [0.05, 0.1) is 29.7 Å². The summed E-state index contributed by atoms with van der Waals surface area (Å²) in [7, 11) is 9.47. The van der Waals surface area contributed by atoms with Crippen molar-refractivity contribution >= 4 is 43.1 Å². The molecule has 4 nitrogen and oxygen atoms in total. The van der Waals surface area contributed by atoms with Crippen molar-refractivity contribution < 1.29 is 12.9 Å². The number of hydrogen-bond acceptors (Lipinski definition) is 3. The number of pyridine rings is 1. The molecule has 2 heterocycles. The third kappa shape index (κ3) is 6.45. The quantitative estimate of drug-likeness (QED) is 0.240. The van der Waals surface area contributed by atoms with Crippen LogP contribution in [0.25, 0.3) is 10.9 Å². The van der Waals surface area contributed by atoms with Gasteiger partial charge in [-0.2, -0.15) is 5.10 Å². The van der Waals surface area contributed by atoms with Crippen LogP contribution in [0.2, 0.25) is 0 Å². The first kappa shape index (κ1) is 25.4. The van der Waals surface area contributed by atoms with Crippen molar-refractivity contribution in [1.82, 2.24) is 14.8 Å². The molecule has 0 bridgehead atoms. The molecule has 0 amide bonds. The second-order valence-corrected chi connectivity index (χ2v) is 10.0. The van der Waals surface area contributed by atoms with Crippen LogP contribution in [0.1, 0.15) is 62.0 Å². The minimum absolute atomic E-state index is 0.382. The average Bonchev–Trinajstić information content (AvgIpc) is 3.16. The van der Waals surface area contributed by atoms with Crippen molar-refractivity contribution in [2.45, 2.75) is 46.1 Å². The summed E-state index contributed by atoms with van der Waals surface area (Å²) >= 11 is 0.382. The van der Waals surface area contributed by atoms with Crippen molar-refractivity contribution in [3.8, 4) is 0 Å². The van der Waals surface area contributed by atoms with Gasteiger partial charge in [-0.3, -0.25) is 14.7 Å². The average molecular weight is 526 g/mol. The minimum atomic E-state index is 0.382. The predicted octanol–water partition coefficient (Wildman–Crippen LogP) is 7.85. The molecule has 0 aliphatic heterocycles. The molecule has 2 aromatic carbocycles. The summed E-state index contributed by atoms with van der Waals surface area (Å²) in [5.74, 6) is 0.823. The Morgan fingerprint density at radius 3 is 2.15 bits per heavy atom. The topological polar surface area (TPSA) is 43.1 Å². The Balaban J connectivity index is 0.000000968. The Morgan fingerprint density at radius 2 is 1.55 bits per heavy atom. The van der Waals surface area contributed by atoms with Gasteiger partial charge in [0, 0.05) is 11.6 Å². The van der Waals surface area contributed by atoms with Crippen molar-refractivity contribution in [2.75, 3.05) is 0 Å². The van der Waals surface area contributed by atoms with E-state index in [-0.39, 0.29) is 0 Å². The van der Waals surface area contributed by atoms with E-state index >= 15 is 0 Å². The van der Waals surface area contributed by atoms with Gasteiger partial charge in [0.25, 0.3) is 0 Å². The molecule has 4 rings (SSSR count). The molecule has 0 radical (unpaired) electrons. The summed E-state index contributed by atoms with van der Waals surface area (Å²) in [6.07, 6.45) is 3.74. The molecule has 2 aromatic heterocycles. The third-order valence-corrected chi connectivity index (χ3v) is 5.38. The molecule has 175 valence electrons. The maximum absolute atomic E-state index is 4.97. The molecular weight excluding hydrogens is 498 g/mol. The number of benzene rings is 2. The van der Waals surface area contributed by atoms with E-state index in [4.69, 9.17) is 30.4 Å². The van der Waals surface area contributed by atoms with Gasteiger partial charge in [-0.05, 0) is 41.2 Å². The fourth-order valence-electron chi connectivity index (χ4n) is 3.80. The van der Waals surface area contributed by atoms with E-state index in [0.29, 0.717) is 31.3 Å². The van der Waals surface area contributed by atoms with Gasteiger partial charge in [0.2, 0.25) is 0 Å². The number of rotatable bonds is 6. The van der Waals surface area contributed by atoms with Crippen LogP contribution in [0, 0.1) is 0 Å². The van der Waals surface area contributed by atoms with Crippen molar-refractivity contribution in [2.24, 2.45) is 4.99 Å². The van der Waals surface area contributed by atoms with E-state index in [2.05, 4.69) is 63.0 Å². The molecule has 0 fully saturated rings. The van der Waals surface area contributed by atoms with Crippen LogP contribution in [0.3, 0.4) is 0 Å². The van der Waals surface area contributed by atoms with E-state index in [1.54, 1.807) is 0 Å². The molecule has 7 heteroatoms. The van der Waals surface area contributed by atoms with Gasteiger partial charge in [0.1, 0.15) is 5.69 Å². The summed E-state index contributed by atoms with van der Waals surface area (Å²) < 4.78 is 2.01. The van der Waals surface area contributed by atoms with Gasteiger partial charge in [0.15, 0.2) is 0 Å². The van der Waals surface area contributed by atoms with Gasteiger partial charge < -0.3 is 0 Å². The molecule has 4 aromatic rings. The normalized spacial score (nSPS) is 11.5. The zero-order valence-electron chi connectivity index (χ0n) is 19.2. The molecule has 0 saturated heterocycles. The fraction of sp³-hybridized carbons (Fsp3) is 0.269. The first-order chi connectivity index (χ1) is 16.0. The van der Waals surface area contributed by atoms with Crippen molar-refractivity contribution in [3.05, 3.63) is 89.4 Å². The summed E-state index contributed by atoms with van der Waals surface area (Å²) in [6, 6.07) is 20.8. The summed E-state index contributed by atoms with van der Waals surface area (Å²) in [6.45, 7) is 9.50. The monoisotopic (exact) mass is 525 g/mol. The van der Waals surface area contributed by atoms with Gasteiger partial charge in [-0.15, -0.1) is 0 Å². The van der Waals surface area contributed by atoms with Gasteiger partial charge in [-0.25, -0.2) is 0 Å². The molecule has 0 spiro atoms. The number of hydrogen-bond donors (Lipinski definition) is 0. The first-order valence-corrected chi connectivity index (χ1v) is 13.7. The Hall–Kier alpha value is -2.18. The molecular formula is C26H28Cl2CoN4. The zero-order chi connectivity index (χ0) is 23.8. The molecule has 0 unspecified atom stereocenters. The molecule has 33 heavy (non-hydrogen) atoms. The van der Waals surface area contributed by atoms with E-state index in [0.717, 1.165) is 28.0 Å². The van der Waals surface area contributed by atoms with Crippen LogP contribution in [-0.4, -0.2) is 21.0 Å². The summed E-state index contributed by atoms with van der Waals surface area (Å²) in [5, 5.41) is 5.98. The number of fused-ring (bicyclic) bond motifs is 1. The van der Waals surface area contributed by atoms with Crippen molar-refractivity contribution in [3.63, 3.8) is 0 Å². The van der Waals surface area contributed by atoms with Crippen LogP contribution in [0.4, 0.5) is 5.69 Å². The van der Waals surface area contributed by atoms with E-state index < -0.39 is 0 Å². The summed E-state index contributed by atoms with van der Waals surface area (Å²) in [4.78, 5) is 9.42. The zero-order valence-corrected chi connectivity index (χ0v) is 21.7. The second-order valence-electron chi connectivity index (χ2n) is 8.28. The second kappa shape index (κ2) is 12.3. The maximum atomic E-state index is 4.97. The Bertz CT molecular complexity index is 1180. The van der Waals surface area contributed by atoms with Gasteiger partial charge >= 0.3 is 33.2 Å². The number of nitrogens with zero attached hydrogens (tertiary/aromatic N) is 4. The number of halogens is 2. The van der Waals surface area contributed by atoms with Crippen LogP contribution in [0.15, 0.2) is 71.9 Å². The van der Waals surface area contributed by atoms with Crippen LogP contribution in [-0.2, 0) is 19.4 Å². The molecule has 0 N–H and O–H groups in total. The summed E-state index contributed by atoms with van der Waals surface area (Å²) in [5.41, 5.74) is 6.58. The first-order valence-electron chi connectivity index (χ1n) is 10.8. The van der Waals surface area contributed by atoms with Crippen LogP contribution >= 0.6 is 20.3 Å². The Morgan fingerprint density at radius 1 is 0.909 bits per heavy atom. The van der Waals surface area contributed by atoms with Crippen LogP contribution in [0.5, 0.6) is 0 Å². The van der Waals surface area contributed by atoms with E-state index in [1.807, 2.05) is 47.4 Å². The molecule has 0 atom stereocenters.